The van der Waals surface area contributed by atoms with Crippen LogP contribution in [-0.2, 0) is 42.9 Å². The van der Waals surface area contributed by atoms with Gasteiger partial charge in [-0.25, -0.2) is 4.79 Å². The highest BCUT2D eigenvalue weighted by atomic mass is 16.7. The third-order valence-corrected chi connectivity index (χ3v) is 12.6. The lowest BCUT2D eigenvalue weighted by Gasteiger charge is -2.40. The van der Waals surface area contributed by atoms with Gasteiger partial charge in [0, 0.05) is 19.3 Å². The largest absolute Gasteiger partial charge is 0.479 e. The van der Waals surface area contributed by atoms with Crippen molar-refractivity contribution in [1.82, 2.24) is 0 Å². The van der Waals surface area contributed by atoms with Gasteiger partial charge >= 0.3 is 23.9 Å². The molecule has 0 amide bonds. The summed E-state index contributed by atoms with van der Waals surface area (Å²) in [6.07, 6.45) is 44.8. The van der Waals surface area contributed by atoms with E-state index in [2.05, 4.69) is 81.5 Å². The summed E-state index contributed by atoms with van der Waals surface area (Å²) in [5, 5.41) is 31.4. The monoisotopic (exact) mass is 1000 g/mol. The number of unbranched alkanes of at least 4 members (excludes halogenated alkanes) is 23. The van der Waals surface area contributed by atoms with Crippen LogP contribution in [-0.4, -0.2) is 89.2 Å². The molecule has 0 aromatic heterocycles. The van der Waals surface area contributed by atoms with Crippen LogP contribution in [0.4, 0.5) is 0 Å². The smallest absolute Gasteiger partial charge is 0.335 e. The average Bonchev–Trinajstić information content (AvgIpc) is 3.35. The molecule has 0 saturated carbocycles. The fourth-order valence-electron chi connectivity index (χ4n) is 8.24. The second-order valence-corrected chi connectivity index (χ2v) is 19.2. The van der Waals surface area contributed by atoms with Crippen molar-refractivity contribution < 1.29 is 58.2 Å². The van der Waals surface area contributed by atoms with Gasteiger partial charge in [0.1, 0.15) is 18.8 Å². The number of aliphatic hydroxyl groups is 2. The number of carbonyl (C=O) groups excluding carboxylic acids is 3. The first kappa shape index (κ1) is 65.4. The van der Waals surface area contributed by atoms with E-state index in [-0.39, 0.29) is 25.9 Å². The molecule has 0 aromatic rings. The minimum Gasteiger partial charge on any atom is -0.479 e. The van der Waals surface area contributed by atoms with Gasteiger partial charge in [0.05, 0.1) is 6.61 Å². The first-order valence-corrected chi connectivity index (χ1v) is 28.3. The number of carbonyl (C=O) groups is 4. The summed E-state index contributed by atoms with van der Waals surface area (Å²) < 4.78 is 28.3. The van der Waals surface area contributed by atoms with E-state index >= 15 is 0 Å². The van der Waals surface area contributed by atoms with Crippen molar-refractivity contribution in [2.75, 3.05) is 13.2 Å². The predicted molar refractivity (Wildman–Crippen MR) is 285 cm³/mol. The fraction of sp³-hybridized carbons (Fsp3) is 0.763. The van der Waals surface area contributed by atoms with Crippen molar-refractivity contribution in [2.24, 2.45) is 0 Å². The van der Waals surface area contributed by atoms with Crippen LogP contribution in [0, 0.1) is 0 Å². The van der Waals surface area contributed by atoms with Crippen molar-refractivity contribution in [2.45, 2.75) is 276 Å². The number of carboxylic acid groups (broad SMARTS) is 1. The fourth-order valence-corrected chi connectivity index (χ4v) is 8.24. The van der Waals surface area contributed by atoms with Crippen LogP contribution in [0.2, 0.25) is 0 Å². The molecule has 0 spiro atoms. The lowest BCUT2D eigenvalue weighted by atomic mass is 9.98. The molecular weight excluding hydrogens is 901 g/mol. The quantitative estimate of drug-likeness (QED) is 0.0228. The molecule has 0 bridgehead atoms. The summed E-state index contributed by atoms with van der Waals surface area (Å²) >= 11 is 0. The highest BCUT2D eigenvalue weighted by molar-refractivity contribution is 5.74. The summed E-state index contributed by atoms with van der Waals surface area (Å²) in [5.74, 6) is -3.17. The van der Waals surface area contributed by atoms with Crippen LogP contribution in [0.1, 0.15) is 239 Å². The van der Waals surface area contributed by atoms with Gasteiger partial charge in [-0.1, -0.05) is 197 Å². The zero-order valence-corrected chi connectivity index (χ0v) is 44.7. The highest BCUT2D eigenvalue weighted by Crippen LogP contribution is 2.26. The Hall–Kier alpha value is -3.58. The maximum atomic E-state index is 13.1. The Kier molecular flexibility index (Phi) is 43.7. The third kappa shape index (κ3) is 37.8. The maximum Gasteiger partial charge on any atom is 0.335 e. The van der Waals surface area contributed by atoms with E-state index in [0.717, 1.165) is 103 Å². The first-order chi connectivity index (χ1) is 34.6. The third-order valence-electron chi connectivity index (χ3n) is 12.6. The summed E-state index contributed by atoms with van der Waals surface area (Å²) in [4.78, 5) is 51.0. The van der Waals surface area contributed by atoms with Gasteiger partial charge in [-0.15, -0.1) is 0 Å². The minimum atomic E-state index is -1.91. The molecule has 6 atom stereocenters. The molecular formula is C59H100O12. The molecule has 0 aliphatic carbocycles. The number of allylic oxidation sites excluding steroid dienone is 10. The van der Waals surface area contributed by atoms with E-state index in [1.165, 1.54) is 77.0 Å². The van der Waals surface area contributed by atoms with Crippen molar-refractivity contribution in [3.05, 3.63) is 60.8 Å². The van der Waals surface area contributed by atoms with Gasteiger partial charge in [-0.3, -0.25) is 14.4 Å². The molecule has 1 aliphatic heterocycles. The molecule has 1 heterocycles. The number of ether oxygens (including phenoxy) is 5. The Morgan fingerprint density at radius 1 is 0.479 bits per heavy atom. The van der Waals surface area contributed by atoms with Gasteiger partial charge in [-0.2, -0.15) is 0 Å². The summed E-state index contributed by atoms with van der Waals surface area (Å²) in [6.45, 7) is 5.82. The van der Waals surface area contributed by atoms with E-state index in [9.17, 15) is 34.5 Å². The van der Waals surface area contributed by atoms with Gasteiger partial charge < -0.3 is 39.0 Å². The van der Waals surface area contributed by atoms with Crippen molar-refractivity contribution >= 4 is 23.9 Å². The zero-order valence-electron chi connectivity index (χ0n) is 44.7. The zero-order chi connectivity index (χ0) is 51.8. The molecule has 1 rings (SSSR count). The normalized spacial score (nSPS) is 18.9. The number of hydrogen-bond acceptors (Lipinski definition) is 11. The van der Waals surface area contributed by atoms with E-state index in [1.54, 1.807) is 0 Å². The van der Waals surface area contributed by atoms with Gasteiger partial charge in [-0.05, 0) is 83.5 Å². The average molecular weight is 1000 g/mol. The standard InChI is InChI=1S/C59H100O12/c1-4-7-10-13-16-19-22-25-26-29-30-33-36-39-42-45-51(60)67-48-50(69-52(61)46-43-40-37-34-31-27-23-20-17-14-11-8-5-2)49-68-59-57(55(64)54(63)56(71-59)58(65)66)70-53(62)47-44-41-38-35-32-28-24-21-18-15-12-9-6-3/h9,12,16,18-19,21,25-26,28,32,50,54-57,59,63-64H,4-8,10-11,13-15,17,20,22-24,27,29-31,33-49H2,1-3H3,(H,65,66)/b12-9-,19-16-,21-18-,26-25-,32-28-. The topological polar surface area (TPSA) is 175 Å². The molecule has 1 fully saturated rings. The lowest BCUT2D eigenvalue weighted by molar-refractivity contribution is -0.301. The Balaban J connectivity index is 2.73. The van der Waals surface area contributed by atoms with E-state index in [4.69, 9.17) is 23.7 Å². The number of esters is 3. The van der Waals surface area contributed by atoms with Crippen LogP contribution in [0.5, 0.6) is 0 Å². The number of aliphatic hydroxyl groups excluding tert-OH is 2. The Morgan fingerprint density at radius 2 is 0.887 bits per heavy atom. The molecule has 71 heavy (non-hydrogen) atoms. The highest BCUT2D eigenvalue weighted by Gasteiger charge is 2.50. The second-order valence-electron chi connectivity index (χ2n) is 19.2. The minimum absolute atomic E-state index is 0.0240. The van der Waals surface area contributed by atoms with Gasteiger partial charge in [0.25, 0.3) is 0 Å². The summed E-state index contributed by atoms with van der Waals surface area (Å²) in [6, 6.07) is 0. The molecule has 1 aliphatic rings. The van der Waals surface area contributed by atoms with Crippen LogP contribution < -0.4 is 0 Å². The van der Waals surface area contributed by atoms with Gasteiger partial charge in [0.15, 0.2) is 24.6 Å². The van der Waals surface area contributed by atoms with E-state index < -0.39 is 67.3 Å². The number of aliphatic carboxylic acids is 1. The van der Waals surface area contributed by atoms with E-state index in [1.807, 2.05) is 0 Å². The first-order valence-electron chi connectivity index (χ1n) is 28.3. The molecule has 12 nitrogen and oxygen atoms in total. The van der Waals surface area contributed by atoms with Crippen LogP contribution >= 0.6 is 0 Å². The van der Waals surface area contributed by atoms with Crippen molar-refractivity contribution in [3.8, 4) is 0 Å². The number of carboxylic acids is 1. The van der Waals surface area contributed by atoms with Crippen LogP contribution in [0.15, 0.2) is 60.8 Å². The summed E-state index contributed by atoms with van der Waals surface area (Å²) in [7, 11) is 0. The number of rotatable bonds is 47. The van der Waals surface area contributed by atoms with Crippen LogP contribution in [0.3, 0.4) is 0 Å². The molecule has 1 saturated heterocycles. The van der Waals surface area contributed by atoms with E-state index in [0.29, 0.717) is 19.3 Å². The predicted octanol–water partition coefficient (Wildman–Crippen LogP) is 14.0. The van der Waals surface area contributed by atoms with Crippen LogP contribution in [0.25, 0.3) is 0 Å². The molecule has 0 radical (unpaired) electrons. The summed E-state index contributed by atoms with van der Waals surface area (Å²) in [5.41, 5.74) is 0. The Morgan fingerprint density at radius 3 is 1.39 bits per heavy atom. The Labute approximate surface area is 430 Å². The van der Waals surface area contributed by atoms with Crippen molar-refractivity contribution in [1.29, 1.82) is 0 Å². The molecule has 3 N–H and O–H groups in total. The SMILES string of the molecule is CC/C=C\C/C=C\C/C=C\CCCCCC(=O)OC1C(OCC(COC(=O)CCCCCCC/C=C\C/C=C\CCCCC)OC(=O)CCCCCCCCCCCCCCC)OC(C(=O)O)C(O)C1O. The second kappa shape index (κ2) is 47.4. The number of hydrogen-bond donors (Lipinski definition) is 3. The van der Waals surface area contributed by atoms with Crippen molar-refractivity contribution in [3.63, 3.8) is 0 Å². The Bertz CT molecular complexity index is 1470. The molecule has 408 valence electrons. The lowest BCUT2D eigenvalue weighted by Crippen LogP contribution is -2.61. The van der Waals surface area contributed by atoms with Gasteiger partial charge in [0.2, 0.25) is 0 Å². The molecule has 0 aromatic carbocycles. The molecule has 12 heteroatoms. The maximum absolute atomic E-state index is 13.1. The molecule has 6 unspecified atom stereocenters.